The number of carbonyl (C=O) groups is 1. The van der Waals surface area contributed by atoms with E-state index in [1.54, 1.807) is 10.8 Å². The molecule has 2 unspecified atom stereocenters. The van der Waals surface area contributed by atoms with Gasteiger partial charge in [-0.05, 0) is 55.7 Å². The third-order valence-electron chi connectivity index (χ3n) is 8.70. The number of aromatic nitrogens is 6. The van der Waals surface area contributed by atoms with Crippen molar-refractivity contribution in [2.24, 2.45) is 0 Å². The average molecular weight is 591 g/mol. The third kappa shape index (κ3) is 4.53. The number of aryl methyl sites for hydroxylation is 1. The lowest BCUT2D eigenvalue weighted by Gasteiger charge is -2.38. The molecule has 4 aromatic heterocycles. The van der Waals surface area contributed by atoms with E-state index >= 15 is 0 Å². The highest BCUT2D eigenvalue weighted by Crippen LogP contribution is 2.43. The quantitative estimate of drug-likeness (QED) is 0.260. The highest BCUT2D eigenvalue weighted by molar-refractivity contribution is 5.92. The van der Waals surface area contributed by atoms with E-state index in [-0.39, 0.29) is 24.1 Å². The highest BCUT2D eigenvalue weighted by atomic mass is 16.5. The summed E-state index contributed by atoms with van der Waals surface area (Å²) in [4.78, 5) is 32.7. The number of anilines is 2. The Kier molecular flexibility index (Phi) is 6.28. The molecule has 2 fully saturated rings. The summed E-state index contributed by atoms with van der Waals surface area (Å²) in [6, 6.07) is 9.85. The van der Waals surface area contributed by atoms with Crippen molar-refractivity contribution in [3.05, 3.63) is 73.0 Å². The zero-order valence-corrected chi connectivity index (χ0v) is 24.1. The molecule has 0 radical (unpaired) electrons. The molecule has 222 valence electrons. The number of amides is 1. The molecule has 12 nitrogen and oxygen atoms in total. The zero-order valence-electron chi connectivity index (χ0n) is 24.1. The lowest BCUT2D eigenvalue weighted by molar-refractivity contribution is -0.131. The Labute approximate surface area is 252 Å². The second-order valence-corrected chi connectivity index (χ2v) is 11.4. The minimum atomic E-state index is -0.0682. The van der Waals surface area contributed by atoms with Gasteiger partial charge in [0.25, 0.3) is 5.88 Å². The van der Waals surface area contributed by atoms with Gasteiger partial charge < -0.3 is 24.4 Å². The summed E-state index contributed by atoms with van der Waals surface area (Å²) >= 11 is 0. The van der Waals surface area contributed by atoms with Gasteiger partial charge in [-0.3, -0.25) is 4.79 Å². The number of rotatable bonds is 7. The summed E-state index contributed by atoms with van der Waals surface area (Å²) in [5.41, 5.74) is 4.82. The van der Waals surface area contributed by atoms with Gasteiger partial charge in [0.15, 0.2) is 17.2 Å². The van der Waals surface area contributed by atoms with Crippen molar-refractivity contribution in [1.82, 2.24) is 34.4 Å². The Morgan fingerprint density at radius 2 is 1.95 bits per heavy atom. The number of ether oxygens (including phenoxy) is 3. The summed E-state index contributed by atoms with van der Waals surface area (Å²) in [6.45, 7) is 6.21. The van der Waals surface area contributed by atoms with E-state index in [9.17, 15) is 4.79 Å². The molecule has 3 aliphatic heterocycles. The van der Waals surface area contributed by atoms with Crippen LogP contribution < -0.4 is 19.5 Å². The molecule has 12 heteroatoms. The molecule has 3 aliphatic rings. The number of fused-ring (bicyclic) bond motifs is 6. The second kappa shape index (κ2) is 10.5. The van der Waals surface area contributed by atoms with Crippen molar-refractivity contribution >= 4 is 34.1 Å². The molecule has 0 spiro atoms. The Bertz CT molecular complexity index is 1930. The third-order valence-corrected chi connectivity index (χ3v) is 8.70. The van der Waals surface area contributed by atoms with Gasteiger partial charge in [0, 0.05) is 54.9 Å². The molecule has 44 heavy (non-hydrogen) atoms. The van der Waals surface area contributed by atoms with Gasteiger partial charge in [0.1, 0.15) is 41.3 Å². The first-order valence-corrected chi connectivity index (χ1v) is 14.8. The number of carbonyl (C=O) groups excluding carboxylic acids is 1. The van der Waals surface area contributed by atoms with Gasteiger partial charge in [0.05, 0.1) is 6.61 Å². The van der Waals surface area contributed by atoms with E-state index in [2.05, 4.69) is 31.9 Å². The van der Waals surface area contributed by atoms with Crippen LogP contribution >= 0.6 is 0 Å². The summed E-state index contributed by atoms with van der Waals surface area (Å²) in [7, 11) is 0. The number of hydrogen-bond donors (Lipinski definition) is 1. The van der Waals surface area contributed by atoms with E-state index in [0.29, 0.717) is 47.4 Å². The lowest BCUT2D eigenvalue weighted by Crippen LogP contribution is -2.48. The maximum absolute atomic E-state index is 12.4. The molecule has 5 aromatic rings. The van der Waals surface area contributed by atoms with Crippen LogP contribution in [0.2, 0.25) is 0 Å². The smallest absolute Gasteiger partial charge is 0.258 e. The SMILES string of the molecule is C=CC(=O)N1C2CCC1CC(Oc1nc3c(Nc4ccc(Oc5ccn6ncnc6c5)c(C)c4)ncnc3c3c1OCC3)C2. The Balaban J connectivity index is 1.06. The molecule has 1 aromatic carbocycles. The molecule has 8 rings (SSSR count). The fourth-order valence-electron chi connectivity index (χ4n) is 6.71. The molecule has 0 aliphatic carbocycles. The molecular weight excluding hydrogens is 560 g/mol. The van der Waals surface area contributed by atoms with E-state index in [4.69, 9.17) is 19.2 Å². The molecule has 2 bridgehead atoms. The van der Waals surface area contributed by atoms with Crippen molar-refractivity contribution in [2.75, 3.05) is 11.9 Å². The van der Waals surface area contributed by atoms with Gasteiger partial charge in [0.2, 0.25) is 5.91 Å². The van der Waals surface area contributed by atoms with E-state index in [1.165, 1.54) is 12.4 Å². The van der Waals surface area contributed by atoms with Crippen LogP contribution in [0.15, 0.2) is 61.8 Å². The molecule has 0 saturated carbocycles. The summed E-state index contributed by atoms with van der Waals surface area (Å²) < 4.78 is 20.4. The number of benzene rings is 1. The Morgan fingerprint density at radius 1 is 1.09 bits per heavy atom. The topological polar surface area (TPSA) is 129 Å². The van der Waals surface area contributed by atoms with Crippen molar-refractivity contribution < 1.29 is 19.0 Å². The summed E-state index contributed by atoms with van der Waals surface area (Å²) in [5, 5.41) is 7.56. The fourth-order valence-corrected chi connectivity index (χ4v) is 6.71. The fraction of sp³-hybridized carbons (Fsp3) is 0.312. The average Bonchev–Trinajstić information content (AvgIpc) is 3.77. The van der Waals surface area contributed by atoms with Gasteiger partial charge >= 0.3 is 0 Å². The van der Waals surface area contributed by atoms with Crippen molar-refractivity contribution in [1.29, 1.82) is 0 Å². The van der Waals surface area contributed by atoms with Crippen LogP contribution in [0.1, 0.15) is 36.8 Å². The number of nitrogens with zero attached hydrogens (tertiary/aromatic N) is 7. The standard InChI is InChI=1S/C32H30N8O4/c1-3-27(41)40-20-5-6-21(40)14-23(13-20)44-32-30-24(9-11-42-30)28-29(38-32)31(35-16-34-28)37-19-4-7-25(18(2)12-19)43-22-8-10-39-26(15-22)33-17-36-39/h3-4,7-8,10,12,15-17,20-21,23H,1,5-6,9,11,13-14H2,2H3,(H,34,35,37). The van der Waals surface area contributed by atoms with Crippen molar-refractivity contribution in [3.63, 3.8) is 0 Å². The van der Waals surface area contributed by atoms with Crippen LogP contribution in [0, 0.1) is 6.92 Å². The monoisotopic (exact) mass is 590 g/mol. The lowest BCUT2D eigenvalue weighted by atomic mass is 9.99. The van der Waals surface area contributed by atoms with Crippen LogP contribution in [0.3, 0.4) is 0 Å². The van der Waals surface area contributed by atoms with E-state index in [0.717, 1.165) is 53.8 Å². The van der Waals surface area contributed by atoms with Crippen LogP contribution in [0.4, 0.5) is 11.5 Å². The molecule has 7 heterocycles. The first-order chi connectivity index (χ1) is 21.5. The van der Waals surface area contributed by atoms with Gasteiger partial charge in [-0.1, -0.05) is 6.58 Å². The minimum Gasteiger partial charge on any atom is -0.487 e. The predicted molar refractivity (Wildman–Crippen MR) is 162 cm³/mol. The first kappa shape index (κ1) is 26.4. The molecule has 1 N–H and O–H groups in total. The number of pyridine rings is 2. The van der Waals surface area contributed by atoms with Crippen LogP contribution in [-0.4, -0.2) is 65.2 Å². The number of nitrogens with one attached hydrogen (secondary N) is 1. The zero-order chi connectivity index (χ0) is 29.8. The highest BCUT2D eigenvalue weighted by Gasteiger charge is 2.44. The normalized spacial score (nSPS) is 20.4. The molecule has 2 atom stereocenters. The van der Waals surface area contributed by atoms with Crippen LogP contribution in [0.5, 0.6) is 23.1 Å². The largest absolute Gasteiger partial charge is 0.487 e. The Morgan fingerprint density at radius 3 is 2.77 bits per heavy atom. The molecular formula is C32H30N8O4. The minimum absolute atomic E-state index is 0.0000772. The predicted octanol–water partition coefficient (Wildman–Crippen LogP) is 4.93. The van der Waals surface area contributed by atoms with Crippen molar-refractivity contribution in [2.45, 2.75) is 57.2 Å². The van der Waals surface area contributed by atoms with E-state index < -0.39 is 0 Å². The van der Waals surface area contributed by atoms with Gasteiger partial charge in [-0.2, -0.15) is 5.10 Å². The molecule has 1 amide bonds. The second-order valence-electron chi connectivity index (χ2n) is 11.4. The molecule has 2 saturated heterocycles. The van der Waals surface area contributed by atoms with Crippen LogP contribution in [-0.2, 0) is 11.2 Å². The number of piperidine rings is 1. The maximum Gasteiger partial charge on any atom is 0.258 e. The van der Waals surface area contributed by atoms with Crippen LogP contribution in [0.25, 0.3) is 16.7 Å². The van der Waals surface area contributed by atoms with Crippen molar-refractivity contribution in [3.8, 4) is 23.1 Å². The maximum atomic E-state index is 12.4. The van der Waals surface area contributed by atoms with E-state index in [1.807, 2.05) is 48.4 Å². The summed E-state index contributed by atoms with van der Waals surface area (Å²) in [5.74, 6) is 3.09. The Hall–Kier alpha value is -5.26. The van der Waals surface area contributed by atoms with Gasteiger partial charge in [-0.15, -0.1) is 0 Å². The van der Waals surface area contributed by atoms with Gasteiger partial charge in [-0.25, -0.2) is 24.5 Å². The number of hydrogen-bond acceptors (Lipinski definition) is 10. The first-order valence-electron chi connectivity index (χ1n) is 14.8. The summed E-state index contributed by atoms with van der Waals surface area (Å²) in [6.07, 6.45) is 10.4.